The lowest BCUT2D eigenvalue weighted by molar-refractivity contribution is -0.121. The molecule has 4 N–H and O–H groups in total. The van der Waals surface area contributed by atoms with E-state index >= 15 is 0 Å². The standard InChI is InChI=1S/C11H17N3O3S/c1-7-4-5-9(6-10(7)12)18(16,17)14-8(2)11(15)13-3/h4-6,8,14H,12H2,1-3H3,(H,13,15). The van der Waals surface area contributed by atoms with Gasteiger partial charge in [0.1, 0.15) is 0 Å². The van der Waals surface area contributed by atoms with Crippen LogP contribution in [0.25, 0.3) is 0 Å². The van der Waals surface area contributed by atoms with E-state index in [1.807, 2.05) is 0 Å². The molecule has 0 fully saturated rings. The molecule has 0 aliphatic carbocycles. The number of anilines is 1. The maximum Gasteiger partial charge on any atom is 0.241 e. The van der Waals surface area contributed by atoms with Gasteiger partial charge in [0.2, 0.25) is 15.9 Å². The van der Waals surface area contributed by atoms with Gasteiger partial charge < -0.3 is 11.1 Å². The number of rotatable bonds is 4. The number of aryl methyl sites for hydroxylation is 1. The van der Waals surface area contributed by atoms with E-state index in [0.29, 0.717) is 5.69 Å². The van der Waals surface area contributed by atoms with E-state index in [0.717, 1.165) is 5.56 Å². The van der Waals surface area contributed by atoms with Crippen LogP contribution in [-0.4, -0.2) is 27.4 Å². The second-order valence-corrected chi connectivity index (χ2v) is 5.69. The van der Waals surface area contributed by atoms with E-state index in [9.17, 15) is 13.2 Å². The Bertz CT molecular complexity index is 555. The first-order valence-electron chi connectivity index (χ1n) is 5.38. The van der Waals surface area contributed by atoms with Crippen molar-refractivity contribution in [2.24, 2.45) is 0 Å². The largest absolute Gasteiger partial charge is 0.398 e. The maximum absolute atomic E-state index is 12.0. The third-order valence-electron chi connectivity index (χ3n) is 2.53. The van der Waals surface area contributed by atoms with Crippen LogP contribution in [0.1, 0.15) is 12.5 Å². The Morgan fingerprint density at radius 3 is 2.50 bits per heavy atom. The quantitative estimate of drug-likeness (QED) is 0.670. The fraction of sp³-hybridized carbons (Fsp3) is 0.364. The van der Waals surface area contributed by atoms with Crippen molar-refractivity contribution in [1.82, 2.24) is 10.0 Å². The van der Waals surface area contributed by atoms with Crippen molar-refractivity contribution in [3.8, 4) is 0 Å². The molecule has 6 nitrogen and oxygen atoms in total. The Labute approximate surface area is 107 Å². The molecule has 7 heteroatoms. The van der Waals surface area contributed by atoms with Gasteiger partial charge >= 0.3 is 0 Å². The molecule has 1 unspecified atom stereocenters. The van der Waals surface area contributed by atoms with Crippen LogP contribution >= 0.6 is 0 Å². The van der Waals surface area contributed by atoms with Gasteiger partial charge in [-0.05, 0) is 31.5 Å². The van der Waals surface area contributed by atoms with Gasteiger partial charge in [-0.3, -0.25) is 4.79 Å². The smallest absolute Gasteiger partial charge is 0.241 e. The second-order valence-electron chi connectivity index (χ2n) is 3.98. The minimum Gasteiger partial charge on any atom is -0.398 e. The van der Waals surface area contributed by atoms with Crippen molar-refractivity contribution in [2.75, 3.05) is 12.8 Å². The number of amides is 1. The van der Waals surface area contributed by atoms with Gasteiger partial charge in [0.05, 0.1) is 10.9 Å². The van der Waals surface area contributed by atoms with Crippen LogP contribution in [0.5, 0.6) is 0 Å². The van der Waals surface area contributed by atoms with Gasteiger partial charge in [0.25, 0.3) is 0 Å². The molecule has 1 atom stereocenters. The van der Waals surface area contributed by atoms with Gasteiger partial charge in [-0.2, -0.15) is 4.72 Å². The van der Waals surface area contributed by atoms with Crippen LogP contribution in [0.15, 0.2) is 23.1 Å². The van der Waals surface area contributed by atoms with Gasteiger partial charge in [-0.1, -0.05) is 6.07 Å². The first-order valence-corrected chi connectivity index (χ1v) is 6.86. The molecule has 0 radical (unpaired) electrons. The van der Waals surface area contributed by atoms with Crippen molar-refractivity contribution in [3.63, 3.8) is 0 Å². The number of likely N-dealkylation sites (N-methyl/N-ethyl adjacent to an activating group) is 1. The lowest BCUT2D eigenvalue weighted by atomic mass is 10.2. The number of carbonyl (C=O) groups excluding carboxylic acids is 1. The number of nitrogens with two attached hydrogens (primary N) is 1. The number of hydrogen-bond donors (Lipinski definition) is 3. The van der Waals surface area contributed by atoms with Crippen molar-refractivity contribution in [1.29, 1.82) is 0 Å². The van der Waals surface area contributed by atoms with Gasteiger partial charge in [-0.15, -0.1) is 0 Å². The summed E-state index contributed by atoms with van der Waals surface area (Å²) in [6, 6.07) is 3.59. The van der Waals surface area contributed by atoms with Crippen molar-refractivity contribution in [3.05, 3.63) is 23.8 Å². The summed E-state index contributed by atoms with van der Waals surface area (Å²) < 4.78 is 26.2. The van der Waals surface area contributed by atoms with Gasteiger partial charge in [0, 0.05) is 12.7 Å². The molecular formula is C11H17N3O3S. The molecule has 100 valence electrons. The zero-order chi connectivity index (χ0) is 13.9. The summed E-state index contributed by atoms with van der Waals surface area (Å²) in [7, 11) is -2.30. The zero-order valence-corrected chi connectivity index (χ0v) is 11.3. The molecule has 0 saturated carbocycles. The highest BCUT2D eigenvalue weighted by Crippen LogP contribution is 2.17. The third kappa shape index (κ3) is 3.21. The van der Waals surface area contributed by atoms with E-state index in [4.69, 9.17) is 5.73 Å². The average Bonchev–Trinajstić information content (AvgIpc) is 2.30. The fourth-order valence-corrected chi connectivity index (χ4v) is 2.59. The lowest BCUT2D eigenvalue weighted by Crippen LogP contribution is -2.43. The van der Waals surface area contributed by atoms with E-state index < -0.39 is 22.0 Å². The molecular weight excluding hydrogens is 254 g/mol. The Hall–Kier alpha value is -1.60. The number of nitrogen functional groups attached to an aromatic ring is 1. The second kappa shape index (κ2) is 5.36. The summed E-state index contributed by atoms with van der Waals surface area (Å²) in [4.78, 5) is 11.3. The summed E-state index contributed by atoms with van der Waals surface area (Å²) in [5.74, 6) is -0.404. The normalized spacial score (nSPS) is 13.1. The SMILES string of the molecule is CNC(=O)C(C)NS(=O)(=O)c1ccc(C)c(N)c1. The molecule has 0 spiro atoms. The first-order chi connectivity index (χ1) is 8.27. The first kappa shape index (κ1) is 14.5. The van der Waals surface area contributed by atoms with E-state index in [-0.39, 0.29) is 4.90 Å². The highest BCUT2D eigenvalue weighted by atomic mass is 32.2. The predicted octanol–water partition coefficient (Wildman–Crippen LogP) is -0.00998. The molecule has 0 aliphatic heterocycles. The van der Waals surface area contributed by atoms with Crippen LogP contribution < -0.4 is 15.8 Å². The number of sulfonamides is 1. The molecule has 1 aromatic rings. The number of nitrogens with one attached hydrogen (secondary N) is 2. The Morgan fingerprint density at radius 2 is 2.00 bits per heavy atom. The minimum atomic E-state index is -3.74. The fourth-order valence-electron chi connectivity index (χ4n) is 1.36. The monoisotopic (exact) mass is 271 g/mol. The molecule has 0 saturated heterocycles. The van der Waals surface area contributed by atoms with E-state index in [1.54, 1.807) is 13.0 Å². The van der Waals surface area contributed by atoms with Gasteiger partial charge in [-0.25, -0.2) is 8.42 Å². The molecule has 1 rings (SSSR count). The summed E-state index contributed by atoms with van der Waals surface area (Å²) in [5, 5.41) is 2.37. The molecule has 0 aliphatic rings. The van der Waals surface area contributed by atoms with Crippen LogP contribution in [-0.2, 0) is 14.8 Å². The highest BCUT2D eigenvalue weighted by molar-refractivity contribution is 7.89. The summed E-state index contributed by atoms with van der Waals surface area (Å²) in [6.07, 6.45) is 0. The van der Waals surface area contributed by atoms with Crippen molar-refractivity contribution < 1.29 is 13.2 Å². The van der Waals surface area contributed by atoms with E-state index in [2.05, 4.69) is 10.0 Å². The van der Waals surface area contributed by atoms with Crippen LogP contribution in [0, 0.1) is 6.92 Å². The minimum absolute atomic E-state index is 0.0429. The maximum atomic E-state index is 12.0. The molecule has 0 heterocycles. The molecule has 0 aromatic heterocycles. The topological polar surface area (TPSA) is 101 Å². The number of benzene rings is 1. The molecule has 18 heavy (non-hydrogen) atoms. The highest BCUT2D eigenvalue weighted by Gasteiger charge is 2.21. The summed E-state index contributed by atoms with van der Waals surface area (Å²) >= 11 is 0. The zero-order valence-electron chi connectivity index (χ0n) is 10.5. The Balaban J connectivity index is 3.00. The molecule has 0 bridgehead atoms. The number of carbonyl (C=O) groups is 1. The van der Waals surface area contributed by atoms with E-state index in [1.165, 1.54) is 26.1 Å². The Morgan fingerprint density at radius 1 is 1.39 bits per heavy atom. The third-order valence-corrected chi connectivity index (χ3v) is 4.07. The van der Waals surface area contributed by atoms with Crippen LogP contribution in [0.4, 0.5) is 5.69 Å². The number of hydrogen-bond acceptors (Lipinski definition) is 4. The lowest BCUT2D eigenvalue weighted by Gasteiger charge is -2.13. The van der Waals surface area contributed by atoms with Crippen molar-refractivity contribution >= 4 is 21.6 Å². The van der Waals surface area contributed by atoms with Crippen LogP contribution in [0.3, 0.4) is 0 Å². The summed E-state index contributed by atoms with van der Waals surface area (Å²) in [5.41, 5.74) is 6.86. The predicted molar refractivity (Wildman–Crippen MR) is 69.4 cm³/mol. The van der Waals surface area contributed by atoms with Gasteiger partial charge in [0.15, 0.2) is 0 Å². The van der Waals surface area contributed by atoms with Crippen LogP contribution in [0.2, 0.25) is 0 Å². The summed E-state index contributed by atoms with van der Waals surface area (Å²) in [6.45, 7) is 3.25. The molecule has 1 aromatic carbocycles. The molecule has 1 amide bonds. The van der Waals surface area contributed by atoms with Crippen molar-refractivity contribution in [2.45, 2.75) is 24.8 Å². The average molecular weight is 271 g/mol. The Kier molecular flexibility index (Phi) is 4.31.